The van der Waals surface area contributed by atoms with Crippen molar-refractivity contribution in [1.82, 2.24) is 20.1 Å². The zero-order valence-electron chi connectivity index (χ0n) is 17.1. The van der Waals surface area contributed by atoms with Crippen LogP contribution in [0.5, 0.6) is 0 Å². The molecule has 0 radical (unpaired) electrons. The van der Waals surface area contributed by atoms with Gasteiger partial charge >= 0.3 is 6.03 Å². The predicted molar refractivity (Wildman–Crippen MR) is 117 cm³/mol. The van der Waals surface area contributed by atoms with E-state index in [4.69, 9.17) is 0 Å². The van der Waals surface area contributed by atoms with Gasteiger partial charge in [0.25, 0.3) is 5.91 Å². The normalized spacial score (nSPS) is 20.2. The van der Waals surface area contributed by atoms with Gasteiger partial charge in [0.15, 0.2) is 0 Å². The molecular weight excluding hydrogens is 412 g/mol. The van der Waals surface area contributed by atoms with Gasteiger partial charge in [0, 0.05) is 7.05 Å². The zero-order valence-corrected chi connectivity index (χ0v) is 17.9. The van der Waals surface area contributed by atoms with E-state index >= 15 is 0 Å². The van der Waals surface area contributed by atoms with Gasteiger partial charge in [0.05, 0.1) is 16.8 Å². The number of para-hydroxylation sites is 1. The van der Waals surface area contributed by atoms with Crippen molar-refractivity contribution in [2.75, 3.05) is 13.6 Å². The first-order valence-corrected chi connectivity index (χ1v) is 11.1. The van der Waals surface area contributed by atoms with Gasteiger partial charge in [-0.25, -0.2) is 9.78 Å². The summed E-state index contributed by atoms with van der Waals surface area (Å²) >= 11 is 1.53. The maximum Gasteiger partial charge on any atom is 0.325 e. The van der Waals surface area contributed by atoms with Crippen LogP contribution < -0.4 is 5.32 Å². The van der Waals surface area contributed by atoms with Crippen molar-refractivity contribution in [2.45, 2.75) is 31.3 Å². The molecule has 5 rings (SSSR count). The van der Waals surface area contributed by atoms with E-state index in [1.807, 2.05) is 48.5 Å². The summed E-state index contributed by atoms with van der Waals surface area (Å²) in [5.74, 6) is -0.643. The second kappa shape index (κ2) is 7.46. The summed E-state index contributed by atoms with van der Waals surface area (Å²) in [7, 11) is 1.67. The standard InChI is InChI=1S/C23H22N4O3S/c1-26(13-19-24-17-10-4-5-11-18(17)31-19)20(28)14-27-21(29)23(25-22(27)30)12-6-8-15-7-2-3-9-16(15)23/h2-5,7,9-11H,6,8,12-14H2,1H3,(H,25,30). The number of benzene rings is 2. The fourth-order valence-electron chi connectivity index (χ4n) is 4.49. The van der Waals surface area contributed by atoms with E-state index in [1.54, 1.807) is 7.05 Å². The van der Waals surface area contributed by atoms with E-state index in [0.29, 0.717) is 13.0 Å². The lowest BCUT2D eigenvalue weighted by Crippen LogP contribution is -2.47. The van der Waals surface area contributed by atoms with Gasteiger partial charge in [-0.1, -0.05) is 36.4 Å². The molecule has 158 valence electrons. The number of urea groups is 1. The van der Waals surface area contributed by atoms with E-state index in [2.05, 4.69) is 10.3 Å². The average molecular weight is 435 g/mol. The first kappa shape index (κ1) is 19.7. The van der Waals surface area contributed by atoms with Crippen LogP contribution in [-0.4, -0.2) is 46.2 Å². The lowest BCUT2D eigenvalue weighted by atomic mass is 9.76. The van der Waals surface area contributed by atoms with Gasteiger partial charge in [0.1, 0.15) is 17.1 Å². The van der Waals surface area contributed by atoms with E-state index in [-0.39, 0.29) is 18.4 Å². The second-order valence-corrected chi connectivity index (χ2v) is 9.18. The summed E-state index contributed by atoms with van der Waals surface area (Å²) in [5, 5.41) is 3.71. The molecule has 1 aromatic heterocycles. The molecule has 1 fully saturated rings. The third kappa shape index (κ3) is 3.27. The Labute approximate surface area is 183 Å². The van der Waals surface area contributed by atoms with Gasteiger partial charge < -0.3 is 10.2 Å². The van der Waals surface area contributed by atoms with Gasteiger partial charge in [-0.2, -0.15) is 0 Å². The SMILES string of the molecule is CN(Cc1nc2ccccc2s1)C(=O)CN1C(=O)NC2(CCCc3ccccc32)C1=O. The Morgan fingerprint density at radius 3 is 2.81 bits per heavy atom. The van der Waals surface area contributed by atoms with Crippen molar-refractivity contribution < 1.29 is 14.4 Å². The van der Waals surface area contributed by atoms with E-state index in [0.717, 1.165) is 44.1 Å². The number of nitrogens with one attached hydrogen (secondary N) is 1. The van der Waals surface area contributed by atoms with Crippen molar-refractivity contribution in [2.24, 2.45) is 0 Å². The van der Waals surface area contributed by atoms with Crippen molar-refractivity contribution in [3.05, 3.63) is 64.7 Å². The zero-order chi connectivity index (χ0) is 21.6. The van der Waals surface area contributed by atoms with E-state index in [9.17, 15) is 14.4 Å². The number of hydrogen-bond acceptors (Lipinski definition) is 5. The topological polar surface area (TPSA) is 82.6 Å². The van der Waals surface area contributed by atoms with Gasteiger partial charge in [-0.05, 0) is 42.5 Å². The molecule has 0 bridgehead atoms. The molecule has 2 aromatic carbocycles. The molecule has 8 heteroatoms. The first-order chi connectivity index (χ1) is 15.0. The Kier molecular flexibility index (Phi) is 4.74. The molecule has 1 aliphatic heterocycles. The molecule has 3 aromatic rings. The lowest BCUT2D eigenvalue weighted by molar-refractivity contribution is -0.139. The number of thiazole rings is 1. The minimum atomic E-state index is -1.06. The van der Waals surface area contributed by atoms with Crippen LogP contribution >= 0.6 is 11.3 Å². The fraction of sp³-hybridized carbons (Fsp3) is 0.304. The number of nitrogens with zero attached hydrogens (tertiary/aromatic N) is 3. The highest BCUT2D eigenvalue weighted by atomic mass is 32.1. The Morgan fingerprint density at radius 2 is 1.97 bits per heavy atom. The molecule has 1 spiro atoms. The van der Waals surface area contributed by atoms with Crippen molar-refractivity contribution in [1.29, 1.82) is 0 Å². The number of rotatable bonds is 4. The molecule has 0 saturated carbocycles. The van der Waals surface area contributed by atoms with Crippen LogP contribution in [0.15, 0.2) is 48.5 Å². The number of carbonyl (C=O) groups excluding carboxylic acids is 3. The number of likely N-dealkylation sites (N-methyl/N-ethyl adjacent to an activating group) is 1. The molecule has 2 heterocycles. The van der Waals surface area contributed by atoms with Crippen molar-refractivity contribution in [3.8, 4) is 0 Å². The van der Waals surface area contributed by atoms with Crippen LogP contribution in [-0.2, 0) is 28.1 Å². The number of amides is 4. The maximum atomic E-state index is 13.4. The number of fused-ring (bicyclic) bond motifs is 3. The highest BCUT2D eigenvalue weighted by molar-refractivity contribution is 7.18. The van der Waals surface area contributed by atoms with Crippen molar-refractivity contribution in [3.63, 3.8) is 0 Å². The van der Waals surface area contributed by atoms with Gasteiger partial charge in [-0.3, -0.25) is 14.5 Å². The summed E-state index contributed by atoms with van der Waals surface area (Å²) in [6.45, 7) is 0.0474. The second-order valence-electron chi connectivity index (χ2n) is 8.06. The van der Waals surface area contributed by atoms with Gasteiger partial charge in [-0.15, -0.1) is 11.3 Å². The predicted octanol–water partition coefficient (Wildman–Crippen LogP) is 3.04. The van der Waals surface area contributed by atoms with Gasteiger partial charge in [0.2, 0.25) is 5.91 Å². The number of aryl methyl sites for hydroxylation is 1. The van der Waals surface area contributed by atoms with Crippen LogP contribution in [0.3, 0.4) is 0 Å². The van der Waals surface area contributed by atoms with E-state index in [1.165, 1.54) is 16.2 Å². The fourth-order valence-corrected chi connectivity index (χ4v) is 5.51. The first-order valence-electron chi connectivity index (χ1n) is 10.3. The summed E-state index contributed by atoms with van der Waals surface area (Å²) in [6.07, 6.45) is 2.23. The molecule has 2 aliphatic rings. The van der Waals surface area contributed by atoms with Crippen LogP contribution in [0.2, 0.25) is 0 Å². The molecule has 1 unspecified atom stereocenters. The number of imide groups is 1. The number of aromatic nitrogens is 1. The molecular formula is C23H22N4O3S. The Bertz CT molecular complexity index is 1170. The maximum absolute atomic E-state index is 13.4. The molecule has 1 N–H and O–H groups in total. The number of hydrogen-bond donors (Lipinski definition) is 1. The summed E-state index contributed by atoms with van der Waals surface area (Å²) < 4.78 is 1.06. The monoisotopic (exact) mass is 434 g/mol. The smallest absolute Gasteiger partial charge is 0.325 e. The molecule has 31 heavy (non-hydrogen) atoms. The quantitative estimate of drug-likeness (QED) is 0.640. The molecule has 1 aliphatic carbocycles. The van der Waals surface area contributed by atoms with Crippen molar-refractivity contribution >= 4 is 39.4 Å². The third-order valence-electron chi connectivity index (χ3n) is 6.08. The van der Waals surface area contributed by atoms with Crippen LogP contribution in [0.25, 0.3) is 10.2 Å². The molecule has 1 saturated heterocycles. The Balaban J connectivity index is 1.32. The largest absolute Gasteiger partial charge is 0.337 e. The highest BCUT2D eigenvalue weighted by Crippen LogP contribution is 2.39. The van der Waals surface area contributed by atoms with Crippen LogP contribution in [0.4, 0.5) is 4.79 Å². The third-order valence-corrected chi connectivity index (χ3v) is 7.10. The van der Waals surface area contributed by atoms with Crippen LogP contribution in [0, 0.1) is 0 Å². The Morgan fingerprint density at radius 1 is 1.19 bits per heavy atom. The molecule has 4 amide bonds. The summed E-state index contributed by atoms with van der Waals surface area (Å²) in [5.41, 5.74) is 1.76. The van der Waals surface area contributed by atoms with Crippen LogP contribution in [0.1, 0.15) is 29.0 Å². The molecule has 7 nitrogen and oxygen atoms in total. The minimum absolute atomic E-state index is 0.282. The number of carbonyl (C=O) groups is 3. The summed E-state index contributed by atoms with van der Waals surface area (Å²) in [4.78, 5) is 46.0. The highest BCUT2D eigenvalue weighted by Gasteiger charge is 2.54. The molecule has 1 atom stereocenters. The summed E-state index contributed by atoms with van der Waals surface area (Å²) in [6, 6.07) is 15.0. The Hall–Kier alpha value is -3.26. The average Bonchev–Trinajstić information content (AvgIpc) is 3.28. The lowest BCUT2D eigenvalue weighted by Gasteiger charge is -2.33. The minimum Gasteiger partial charge on any atom is -0.337 e. The van der Waals surface area contributed by atoms with E-state index < -0.39 is 11.6 Å².